The molecule has 2 N–H and O–H groups in total. The highest BCUT2D eigenvalue weighted by atomic mass is 16.3. The highest BCUT2D eigenvalue weighted by Crippen LogP contribution is 2.26. The molecule has 0 saturated carbocycles. The van der Waals surface area contributed by atoms with Crippen molar-refractivity contribution < 1.29 is 5.11 Å². The quantitative estimate of drug-likeness (QED) is 0.841. The van der Waals surface area contributed by atoms with E-state index >= 15 is 0 Å². The molecule has 2 aromatic carbocycles. The van der Waals surface area contributed by atoms with Crippen LogP contribution >= 0.6 is 0 Å². The predicted molar refractivity (Wildman–Crippen MR) is 72.2 cm³/mol. The summed E-state index contributed by atoms with van der Waals surface area (Å²) in [6.45, 7) is 5.02. The fourth-order valence-corrected chi connectivity index (χ4v) is 1.93. The minimum absolute atomic E-state index is 0.375. The van der Waals surface area contributed by atoms with Gasteiger partial charge in [-0.05, 0) is 30.2 Å². The van der Waals surface area contributed by atoms with Gasteiger partial charge in [0.15, 0.2) is 0 Å². The molecule has 0 saturated heterocycles. The lowest BCUT2D eigenvalue weighted by atomic mass is 10.0. The molecule has 0 bridgehead atoms. The summed E-state index contributed by atoms with van der Waals surface area (Å²) in [7, 11) is 0. The maximum absolute atomic E-state index is 9.95. The topological polar surface area (TPSA) is 32.3 Å². The lowest BCUT2D eigenvalue weighted by Crippen LogP contribution is -2.24. The van der Waals surface area contributed by atoms with Crippen molar-refractivity contribution in [1.82, 2.24) is 5.32 Å². The third kappa shape index (κ3) is 2.59. The number of fused-ring (bicyclic) bond motifs is 1. The summed E-state index contributed by atoms with van der Waals surface area (Å²) in [4.78, 5) is 0. The number of phenolic OH excluding ortho intramolecular Hbond substituents is 1. The van der Waals surface area contributed by atoms with Crippen molar-refractivity contribution in [2.24, 2.45) is 0 Å². The van der Waals surface area contributed by atoms with Gasteiger partial charge in [-0.25, -0.2) is 0 Å². The Hall–Kier alpha value is -1.54. The SMILES string of the molecule is CC[C@@H](C)NCc1c(O)ccc2ccccc12. The monoisotopic (exact) mass is 229 g/mol. The van der Waals surface area contributed by atoms with Gasteiger partial charge in [-0.2, -0.15) is 0 Å². The zero-order valence-electron chi connectivity index (χ0n) is 10.4. The Kier molecular flexibility index (Phi) is 3.64. The van der Waals surface area contributed by atoms with Gasteiger partial charge >= 0.3 is 0 Å². The molecule has 17 heavy (non-hydrogen) atoms. The largest absolute Gasteiger partial charge is 0.508 e. The molecular weight excluding hydrogens is 210 g/mol. The molecule has 0 spiro atoms. The highest BCUT2D eigenvalue weighted by molar-refractivity contribution is 5.87. The highest BCUT2D eigenvalue weighted by Gasteiger charge is 2.07. The van der Waals surface area contributed by atoms with E-state index in [1.54, 1.807) is 6.07 Å². The maximum Gasteiger partial charge on any atom is 0.120 e. The van der Waals surface area contributed by atoms with Crippen LogP contribution in [-0.2, 0) is 6.54 Å². The zero-order chi connectivity index (χ0) is 12.3. The van der Waals surface area contributed by atoms with Crippen LogP contribution in [0.3, 0.4) is 0 Å². The van der Waals surface area contributed by atoms with Gasteiger partial charge in [-0.1, -0.05) is 37.3 Å². The minimum Gasteiger partial charge on any atom is -0.508 e. The van der Waals surface area contributed by atoms with Gasteiger partial charge in [0.1, 0.15) is 5.75 Å². The Morgan fingerprint density at radius 1 is 1.18 bits per heavy atom. The van der Waals surface area contributed by atoms with Crippen molar-refractivity contribution in [3.8, 4) is 5.75 Å². The summed E-state index contributed by atoms with van der Waals surface area (Å²) in [6, 6.07) is 12.4. The van der Waals surface area contributed by atoms with E-state index in [9.17, 15) is 5.11 Å². The number of rotatable bonds is 4. The summed E-state index contributed by atoms with van der Waals surface area (Å²) in [5, 5.41) is 15.7. The van der Waals surface area contributed by atoms with Gasteiger partial charge in [0.25, 0.3) is 0 Å². The molecule has 0 amide bonds. The fourth-order valence-electron chi connectivity index (χ4n) is 1.93. The zero-order valence-corrected chi connectivity index (χ0v) is 10.4. The number of hydrogen-bond donors (Lipinski definition) is 2. The standard InChI is InChI=1S/C15H19NO/c1-3-11(2)16-10-14-13-7-5-4-6-12(13)8-9-15(14)17/h4-9,11,16-17H,3,10H2,1-2H3/t11-/m1/s1. The average Bonchev–Trinajstić information content (AvgIpc) is 2.37. The molecule has 2 heteroatoms. The molecule has 2 rings (SSSR count). The van der Waals surface area contributed by atoms with Crippen molar-refractivity contribution in [2.75, 3.05) is 0 Å². The second kappa shape index (κ2) is 5.19. The molecule has 0 aliphatic heterocycles. The second-order valence-corrected chi connectivity index (χ2v) is 4.47. The van der Waals surface area contributed by atoms with Crippen LogP contribution in [0.15, 0.2) is 36.4 Å². The smallest absolute Gasteiger partial charge is 0.120 e. The summed E-state index contributed by atoms with van der Waals surface area (Å²) < 4.78 is 0. The van der Waals surface area contributed by atoms with E-state index < -0.39 is 0 Å². The van der Waals surface area contributed by atoms with E-state index in [-0.39, 0.29) is 0 Å². The van der Waals surface area contributed by atoms with Crippen molar-refractivity contribution in [3.05, 3.63) is 42.0 Å². The van der Waals surface area contributed by atoms with Crippen molar-refractivity contribution >= 4 is 10.8 Å². The Morgan fingerprint density at radius 3 is 2.71 bits per heavy atom. The third-order valence-electron chi connectivity index (χ3n) is 3.26. The first kappa shape index (κ1) is 11.9. The fraction of sp³-hybridized carbons (Fsp3) is 0.333. The van der Waals surface area contributed by atoms with Crippen LogP contribution in [0.5, 0.6) is 5.75 Å². The van der Waals surface area contributed by atoms with E-state index in [0.717, 1.165) is 17.4 Å². The van der Waals surface area contributed by atoms with Crippen LogP contribution in [0.1, 0.15) is 25.8 Å². The molecule has 0 aromatic heterocycles. The van der Waals surface area contributed by atoms with Crippen LogP contribution in [0.25, 0.3) is 10.8 Å². The van der Waals surface area contributed by atoms with Crippen molar-refractivity contribution in [3.63, 3.8) is 0 Å². The molecule has 0 fully saturated rings. The first-order valence-electron chi connectivity index (χ1n) is 6.15. The number of phenols is 1. The van der Waals surface area contributed by atoms with Crippen LogP contribution < -0.4 is 5.32 Å². The molecule has 0 aliphatic carbocycles. The van der Waals surface area contributed by atoms with E-state index in [4.69, 9.17) is 0 Å². The van der Waals surface area contributed by atoms with E-state index in [0.29, 0.717) is 18.3 Å². The molecule has 90 valence electrons. The summed E-state index contributed by atoms with van der Waals surface area (Å²) in [6.07, 6.45) is 1.09. The number of nitrogens with one attached hydrogen (secondary N) is 1. The van der Waals surface area contributed by atoms with Crippen LogP contribution in [0, 0.1) is 0 Å². The van der Waals surface area contributed by atoms with Gasteiger partial charge in [-0.15, -0.1) is 0 Å². The van der Waals surface area contributed by atoms with E-state index in [2.05, 4.69) is 31.3 Å². The first-order valence-corrected chi connectivity index (χ1v) is 6.15. The van der Waals surface area contributed by atoms with Gasteiger partial charge in [0.05, 0.1) is 0 Å². The molecule has 1 atom stereocenters. The Bertz CT molecular complexity index is 507. The molecule has 0 aliphatic rings. The lowest BCUT2D eigenvalue weighted by Gasteiger charge is -2.14. The Labute approximate surface area is 102 Å². The van der Waals surface area contributed by atoms with Gasteiger partial charge in [0, 0.05) is 18.2 Å². The first-order chi connectivity index (χ1) is 8.22. The molecule has 0 radical (unpaired) electrons. The lowest BCUT2D eigenvalue weighted by molar-refractivity contribution is 0.459. The molecule has 0 heterocycles. The van der Waals surface area contributed by atoms with Gasteiger partial charge in [-0.3, -0.25) is 0 Å². The number of benzene rings is 2. The second-order valence-electron chi connectivity index (χ2n) is 4.47. The molecule has 2 aromatic rings. The molecular formula is C15H19NO. The normalized spacial score (nSPS) is 12.8. The minimum atomic E-state index is 0.375. The Morgan fingerprint density at radius 2 is 1.94 bits per heavy atom. The predicted octanol–water partition coefficient (Wildman–Crippen LogP) is 3.43. The summed E-state index contributed by atoms with van der Waals surface area (Å²) in [5.41, 5.74) is 0.989. The number of hydrogen-bond acceptors (Lipinski definition) is 2. The third-order valence-corrected chi connectivity index (χ3v) is 3.26. The summed E-state index contributed by atoms with van der Waals surface area (Å²) in [5.74, 6) is 0.375. The maximum atomic E-state index is 9.95. The van der Waals surface area contributed by atoms with E-state index in [1.807, 2.05) is 18.2 Å². The van der Waals surface area contributed by atoms with Crippen molar-refractivity contribution in [2.45, 2.75) is 32.9 Å². The average molecular weight is 229 g/mol. The summed E-state index contributed by atoms with van der Waals surface area (Å²) >= 11 is 0. The van der Waals surface area contributed by atoms with Crippen LogP contribution in [0.4, 0.5) is 0 Å². The van der Waals surface area contributed by atoms with Crippen molar-refractivity contribution in [1.29, 1.82) is 0 Å². The number of aromatic hydroxyl groups is 1. The van der Waals surface area contributed by atoms with Crippen LogP contribution in [-0.4, -0.2) is 11.1 Å². The molecule has 0 unspecified atom stereocenters. The van der Waals surface area contributed by atoms with Gasteiger partial charge < -0.3 is 10.4 Å². The molecule has 2 nitrogen and oxygen atoms in total. The Balaban J connectivity index is 2.34. The van der Waals surface area contributed by atoms with E-state index in [1.165, 1.54) is 5.39 Å². The van der Waals surface area contributed by atoms with Crippen LogP contribution in [0.2, 0.25) is 0 Å². The van der Waals surface area contributed by atoms with Gasteiger partial charge in [0.2, 0.25) is 0 Å².